The molecule has 1 aliphatic carbocycles. The van der Waals surface area contributed by atoms with Crippen LogP contribution in [0.5, 0.6) is 23.0 Å². The number of nitrogens with zero attached hydrogens (tertiary/aromatic N) is 1. The van der Waals surface area contributed by atoms with Gasteiger partial charge in [-0.1, -0.05) is 45.9 Å². The van der Waals surface area contributed by atoms with Crippen molar-refractivity contribution >= 4 is 34.8 Å². The van der Waals surface area contributed by atoms with Crippen molar-refractivity contribution in [1.29, 1.82) is 0 Å². The number of fused-ring (bicyclic) bond motifs is 14. The molecule has 3 aliphatic heterocycles. The summed E-state index contributed by atoms with van der Waals surface area (Å²) in [5.74, 6) is -11.4. The normalized spacial score (nSPS) is 31.7. The van der Waals surface area contributed by atoms with Crippen LogP contribution in [0.25, 0.3) is 0 Å². The molecule has 4 aliphatic rings. The maximum atomic E-state index is 14.5. The Bertz CT molecular complexity index is 2200. The number of methoxy groups -OCH3 is 1. The summed E-state index contributed by atoms with van der Waals surface area (Å²) in [7, 11) is 1.40. The number of rotatable bonds is 3. The Balaban J connectivity index is 1.72. The van der Waals surface area contributed by atoms with Crippen molar-refractivity contribution < 1.29 is 68.0 Å². The number of carbonyl (C=O) groups is 4. The zero-order chi connectivity index (χ0) is 43.8. The summed E-state index contributed by atoms with van der Waals surface area (Å²) in [4.78, 5) is 58.8. The van der Waals surface area contributed by atoms with E-state index in [1.807, 2.05) is 0 Å². The highest BCUT2D eigenvalue weighted by atomic mass is 19.1. The molecule has 15 nitrogen and oxygen atoms in total. The van der Waals surface area contributed by atoms with Crippen LogP contribution in [0.2, 0.25) is 0 Å². The van der Waals surface area contributed by atoms with E-state index in [4.69, 9.17) is 18.9 Å². The summed E-state index contributed by atoms with van der Waals surface area (Å²) in [6.45, 7) is 12.1. The van der Waals surface area contributed by atoms with Crippen LogP contribution in [0, 0.1) is 36.4 Å². The maximum absolute atomic E-state index is 14.5. The van der Waals surface area contributed by atoms with Crippen LogP contribution in [-0.2, 0) is 23.8 Å². The van der Waals surface area contributed by atoms with Gasteiger partial charge < -0.3 is 49.8 Å². The van der Waals surface area contributed by atoms with Gasteiger partial charge >= 0.3 is 11.8 Å². The summed E-state index contributed by atoms with van der Waals surface area (Å²) in [5.41, 5.74) is -2.26. The number of hydrogen-bond acceptors (Lipinski definition) is 14. The molecule has 5 bridgehead atoms. The minimum absolute atomic E-state index is 0.0476. The molecule has 0 fully saturated rings. The maximum Gasteiger partial charge on any atom is 0.312 e. The number of nitrogens with one attached hydrogen (secondary N) is 1. The number of aromatic hydroxyl groups is 3. The smallest absolute Gasteiger partial charge is 0.312 e. The standard InChI is InChI=1S/C43H49FN2O13/c1-18-11-10-12-19(2)42(55)46-27-17-26(45-34-28(48)15-25(44)16-29(34)49)31-32(38(27)53)37(52)23(6)40-33(31)41(54)43(8,59-40)57-14-13-30(56-9)20(3)39(58-24(7)47)22(5)36(51)21(4)35(18)50/h10-18,20-22,30,35-36,39,48-52H,1-9H3,(H,46,55)/b11-10+,14-13+,19-12-,45-26+/t18-,20+,21+,22+,30-,35-,36+,39+,43-/m0/s1. The SMILES string of the molecule is CO[C@H]1/C=C/O[C@@]2(C)Oc3c(C)c(O)c4c(c3C2=O)/C(=N/c2c(O)cc(F)cc2O)C=C(NC(=O)/C(C)=C\C=C\[C@H](C)[C@H](O)[C@@H](C)[C@@H](O)[C@@H](C)[C@H](OC(C)=O)[C@@H]1C)C4=O. The van der Waals surface area contributed by atoms with E-state index in [1.165, 1.54) is 53.0 Å². The molecule has 9 atom stereocenters. The third-order valence-corrected chi connectivity index (χ3v) is 11.1. The van der Waals surface area contributed by atoms with Crippen molar-refractivity contribution in [1.82, 2.24) is 5.32 Å². The van der Waals surface area contributed by atoms with Gasteiger partial charge in [0.15, 0.2) is 0 Å². The number of phenols is 3. The molecule has 2 aromatic carbocycles. The summed E-state index contributed by atoms with van der Waals surface area (Å²) in [6.07, 6.45) is 4.17. The highest BCUT2D eigenvalue weighted by Gasteiger charge is 2.51. The largest absolute Gasteiger partial charge is 0.507 e. The predicted molar refractivity (Wildman–Crippen MR) is 211 cm³/mol. The number of benzene rings is 2. The lowest BCUT2D eigenvalue weighted by Gasteiger charge is -2.38. The third kappa shape index (κ3) is 8.51. The molecule has 2 aromatic rings. The Hall–Kier alpha value is -5.84. The molecular formula is C43H49FN2O13. The zero-order valence-corrected chi connectivity index (χ0v) is 34.1. The first-order valence-corrected chi connectivity index (χ1v) is 18.9. The van der Waals surface area contributed by atoms with Gasteiger partial charge in [0.25, 0.3) is 11.7 Å². The number of ketones is 2. The molecule has 0 radical (unpaired) electrons. The zero-order valence-electron chi connectivity index (χ0n) is 34.1. The topological polar surface area (TPSA) is 231 Å². The summed E-state index contributed by atoms with van der Waals surface area (Å²) >= 11 is 0. The Labute approximate surface area is 340 Å². The number of ether oxygens (including phenoxy) is 4. The monoisotopic (exact) mass is 820 g/mol. The molecule has 16 heteroatoms. The van der Waals surface area contributed by atoms with Crippen molar-refractivity contribution in [2.75, 3.05) is 7.11 Å². The summed E-state index contributed by atoms with van der Waals surface area (Å²) in [6, 6.07) is 1.36. The fourth-order valence-corrected chi connectivity index (χ4v) is 7.53. The van der Waals surface area contributed by atoms with Crippen LogP contribution >= 0.6 is 0 Å². The second-order valence-corrected chi connectivity index (χ2v) is 15.3. The quantitative estimate of drug-likeness (QED) is 0.221. The van der Waals surface area contributed by atoms with Gasteiger partial charge in [-0.3, -0.25) is 19.2 Å². The fourth-order valence-electron chi connectivity index (χ4n) is 7.53. The van der Waals surface area contributed by atoms with Crippen LogP contribution in [-0.4, -0.2) is 92.0 Å². The summed E-state index contributed by atoms with van der Waals surface area (Å²) in [5, 5.41) is 58.0. The number of phenolic OH excluding ortho intramolecular Hbond substituents is 3. The van der Waals surface area contributed by atoms with E-state index >= 15 is 0 Å². The van der Waals surface area contributed by atoms with Gasteiger partial charge in [0.1, 0.15) is 40.6 Å². The number of aliphatic hydroxyl groups is 2. The molecule has 6 N–H and O–H groups in total. The number of hydrogen-bond donors (Lipinski definition) is 6. The number of allylic oxidation sites excluding steroid dienone is 4. The first-order valence-electron chi connectivity index (χ1n) is 18.9. The molecule has 1 amide bonds. The van der Waals surface area contributed by atoms with Crippen molar-refractivity contribution in [3.8, 4) is 23.0 Å². The Morgan fingerprint density at radius 1 is 0.932 bits per heavy atom. The van der Waals surface area contributed by atoms with Crippen LogP contribution in [0.15, 0.2) is 65.0 Å². The average Bonchev–Trinajstić information content (AvgIpc) is 3.44. The molecule has 59 heavy (non-hydrogen) atoms. The van der Waals surface area contributed by atoms with Crippen molar-refractivity contribution in [2.24, 2.45) is 28.7 Å². The number of aliphatic imine (C=N–C) groups is 1. The lowest BCUT2D eigenvalue weighted by Crippen LogP contribution is -2.46. The number of carbonyl (C=O) groups excluding carboxylic acids is 4. The van der Waals surface area contributed by atoms with Crippen LogP contribution < -0.4 is 10.1 Å². The van der Waals surface area contributed by atoms with E-state index in [9.17, 15) is 49.1 Å². The fraction of sp³-hybridized carbons (Fsp3) is 0.419. The highest BCUT2D eigenvalue weighted by Crippen LogP contribution is 2.49. The second kappa shape index (κ2) is 17.2. The number of halogens is 1. The minimum Gasteiger partial charge on any atom is -0.507 e. The van der Waals surface area contributed by atoms with E-state index in [-0.39, 0.29) is 33.7 Å². The molecule has 316 valence electrons. The highest BCUT2D eigenvalue weighted by molar-refractivity contribution is 6.32. The van der Waals surface area contributed by atoms with E-state index in [2.05, 4.69) is 10.3 Å². The Morgan fingerprint density at radius 2 is 1.58 bits per heavy atom. The second-order valence-electron chi connectivity index (χ2n) is 15.3. The summed E-state index contributed by atoms with van der Waals surface area (Å²) < 4.78 is 37.5. The van der Waals surface area contributed by atoms with E-state index in [0.717, 1.165) is 12.3 Å². The average molecular weight is 821 g/mol. The van der Waals surface area contributed by atoms with Crippen molar-refractivity contribution in [2.45, 2.75) is 85.6 Å². The van der Waals surface area contributed by atoms with Crippen LogP contribution in [0.1, 0.15) is 80.3 Å². The van der Waals surface area contributed by atoms with Gasteiger partial charge in [-0.25, -0.2) is 9.38 Å². The molecule has 0 unspecified atom stereocenters. The Kier molecular flexibility index (Phi) is 12.9. The van der Waals surface area contributed by atoms with Crippen LogP contribution in [0.4, 0.5) is 10.1 Å². The first kappa shape index (κ1) is 44.3. The van der Waals surface area contributed by atoms with Gasteiger partial charge in [-0.15, -0.1) is 0 Å². The number of amides is 1. The van der Waals surface area contributed by atoms with Gasteiger partial charge in [0, 0.05) is 73.5 Å². The molecule has 0 saturated carbocycles. The lowest BCUT2D eigenvalue weighted by molar-refractivity contribution is -0.160. The molecule has 3 heterocycles. The minimum atomic E-state index is -2.14. The van der Waals surface area contributed by atoms with E-state index < -0.39 is 117 Å². The molecular weight excluding hydrogens is 771 g/mol. The van der Waals surface area contributed by atoms with Crippen LogP contribution in [0.3, 0.4) is 0 Å². The number of Topliss-reactive ketones (excluding diaryl/α,β-unsaturated/α-hetero) is 2. The number of esters is 1. The van der Waals surface area contributed by atoms with Crippen molar-refractivity contribution in [3.63, 3.8) is 0 Å². The predicted octanol–water partition coefficient (Wildman–Crippen LogP) is 5.12. The van der Waals surface area contributed by atoms with E-state index in [0.29, 0.717) is 12.1 Å². The van der Waals surface area contributed by atoms with Gasteiger partial charge in [-0.2, -0.15) is 0 Å². The van der Waals surface area contributed by atoms with Crippen molar-refractivity contribution in [3.05, 3.63) is 88.1 Å². The van der Waals surface area contributed by atoms with Gasteiger partial charge in [0.05, 0.1) is 47.1 Å². The first-order chi connectivity index (χ1) is 27.6. The Morgan fingerprint density at radius 3 is 2.19 bits per heavy atom. The molecule has 6 rings (SSSR count). The molecule has 0 saturated heterocycles. The van der Waals surface area contributed by atoms with E-state index in [1.54, 1.807) is 33.8 Å². The lowest BCUT2D eigenvalue weighted by atomic mass is 9.78. The number of aliphatic hydroxyl groups excluding tert-OH is 2. The molecule has 0 aromatic heterocycles. The van der Waals surface area contributed by atoms with Gasteiger partial charge in [-0.05, 0) is 26.0 Å². The third-order valence-electron chi connectivity index (χ3n) is 11.1. The van der Waals surface area contributed by atoms with Gasteiger partial charge in [0.2, 0.25) is 5.78 Å². The molecule has 0 spiro atoms.